The monoisotopic (exact) mass is 386 g/mol. The number of rotatable bonds is 5. The zero-order valence-corrected chi connectivity index (χ0v) is 18.7. The van der Waals surface area contributed by atoms with E-state index in [9.17, 15) is 4.91 Å². The average molecular weight is 387 g/mol. The van der Waals surface area contributed by atoms with Gasteiger partial charge in [0.15, 0.2) is 0 Å². The van der Waals surface area contributed by atoms with E-state index in [1.807, 2.05) is 13.8 Å². The highest BCUT2D eigenvalue weighted by Crippen LogP contribution is 2.66. The number of nitrogens with two attached hydrogens (primary N) is 1. The third-order valence-electron chi connectivity index (χ3n) is 9.93. The van der Waals surface area contributed by atoms with Gasteiger partial charge in [0.1, 0.15) is 0 Å². The molecule has 4 aliphatic carbocycles. The van der Waals surface area contributed by atoms with E-state index in [-0.39, 0.29) is 0 Å². The number of nitroso groups, excluding NO2 is 1. The van der Waals surface area contributed by atoms with Gasteiger partial charge in [0.2, 0.25) is 0 Å². The van der Waals surface area contributed by atoms with Gasteiger partial charge in [0, 0.05) is 6.04 Å². The predicted molar refractivity (Wildman–Crippen MR) is 117 cm³/mol. The van der Waals surface area contributed by atoms with Crippen molar-refractivity contribution < 1.29 is 0 Å². The largest absolute Gasteiger partial charge is 0.327 e. The van der Waals surface area contributed by atoms with Gasteiger partial charge >= 0.3 is 0 Å². The first kappa shape index (κ1) is 20.6. The van der Waals surface area contributed by atoms with Crippen molar-refractivity contribution in [1.29, 1.82) is 0 Å². The van der Waals surface area contributed by atoms with E-state index in [1.165, 1.54) is 51.4 Å². The van der Waals surface area contributed by atoms with Crippen LogP contribution in [0.25, 0.3) is 0 Å². The van der Waals surface area contributed by atoms with Crippen molar-refractivity contribution in [3.63, 3.8) is 0 Å². The van der Waals surface area contributed by atoms with Gasteiger partial charge in [-0.25, -0.2) is 0 Å². The summed E-state index contributed by atoms with van der Waals surface area (Å²) >= 11 is 0. The molecule has 0 heterocycles. The molecule has 0 bridgehead atoms. The Morgan fingerprint density at radius 3 is 2.68 bits per heavy atom. The number of hydrogen-bond donors (Lipinski definition) is 1. The van der Waals surface area contributed by atoms with E-state index < -0.39 is 5.54 Å². The molecule has 3 saturated carbocycles. The molecule has 7 unspecified atom stereocenters. The Labute approximate surface area is 172 Å². The van der Waals surface area contributed by atoms with Crippen LogP contribution < -0.4 is 5.73 Å². The topological polar surface area (TPSA) is 55.4 Å². The van der Waals surface area contributed by atoms with E-state index >= 15 is 0 Å². The molecule has 28 heavy (non-hydrogen) atoms. The van der Waals surface area contributed by atoms with E-state index in [0.29, 0.717) is 16.9 Å². The summed E-state index contributed by atoms with van der Waals surface area (Å²) in [4.78, 5) is 11.0. The summed E-state index contributed by atoms with van der Waals surface area (Å²) in [6.45, 7) is 9.15. The second-order valence-electron chi connectivity index (χ2n) is 11.9. The minimum Gasteiger partial charge on any atom is -0.327 e. The van der Waals surface area contributed by atoms with Gasteiger partial charge in [-0.15, -0.1) is 0 Å². The lowest BCUT2D eigenvalue weighted by atomic mass is 9.47. The minimum atomic E-state index is -0.391. The molecule has 3 fully saturated rings. The molecule has 2 N–H and O–H groups in total. The lowest BCUT2D eigenvalue weighted by Gasteiger charge is -2.58. The molecule has 0 spiro atoms. The Hall–Kier alpha value is -0.700. The lowest BCUT2D eigenvalue weighted by Crippen LogP contribution is -2.51. The summed E-state index contributed by atoms with van der Waals surface area (Å²) in [6.07, 6.45) is 16.6. The first-order valence-electron chi connectivity index (χ1n) is 12.0. The number of nitrogens with zero attached hydrogens (tertiary/aromatic N) is 1. The van der Waals surface area contributed by atoms with Crippen LogP contribution in [0.3, 0.4) is 0 Å². The Balaban J connectivity index is 1.47. The highest BCUT2D eigenvalue weighted by molar-refractivity contribution is 5.25. The zero-order chi connectivity index (χ0) is 20.2. The van der Waals surface area contributed by atoms with Crippen molar-refractivity contribution >= 4 is 0 Å². The van der Waals surface area contributed by atoms with Crippen LogP contribution in [0.1, 0.15) is 98.3 Å². The number of hydrogen-bond acceptors (Lipinski definition) is 3. The molecule has 158 valence electrons. The maximum Gasteiger partial charge on any atom is 0.0970 e. The fourth-order valence-electron chi connectivity index (χ4n) is 8.10. The Kier molecular flexibility index (Phi) is 5.30. The first-order valence-corrected chi connectivity index (χ1v) is 12.0. The van der Waals surface area contributed by atoms with Crippen LogP contribution in [0.5, 0.6) is 0 Å². The van der Waals surface area contributed by atoms with Crippen molar-refractivity contribution in [3.05, 3.63) is 16.6 Å². The van der Waals surface area contributed by atoms with Crippen LogP contribution >= 0.6 is 0 Å². The highest BCUT2D eigenvalue weighted by Gasteiger charge is 2.58. The molecule has 7 atom stereocenters. The second-order valence-corrected chi connectivity index (χ2v) is 11.9. The first-order chi connectivity index (χ1) is 13.2. The van der Waals surface area contributed by atoms with Gasteiger partial charge in [0.05, 0.1) is 5.54 Å². The summed E-state index contributed by atoms with van der Waals surface area (Å²) in [5.41, 5.74) is 8.57. The van der Waals surface area contributed by atoms with Gasteiger partial charge < -0.3 is 5.73 Å². The third kappa shape index (κ3) is 3.30. The van der Waals surface area contributed by atoms with E-state index in [1.54, 1.807) is 5.57 Å². The van der Waals surface area contributed by atoms with Crippen molar-refractivity contribution in [2.45, 2.75) is 110 Å². The van der Waals surface area contributed by atoms with Crippen molar-refractivity contribution in [3.8, 4) is 0 Å². The summed E-state index contributed by atoms with van der Waals surface area (Å²) in [5, 5.41) is 3.32. The number of allylic oxidation sites excluding steroid dienone is 1. The summed E-state index contributed by atoms with van der Waals surface area (Å²) < 4.78 is 0. The second kappa shape index (κ2) is 7.22. The quantitative estimate of drug-likeness (QED) is 0.427. The van der Waals surface area contributed by atoms with Crippen LogP contribution in [0.4, 0.5) is 0 Å². The molecular formula is C25H42N2O. The van der Waals surface area contributed by atoms with Gasteiger partial charge in [-0.3, -0.25) is 0 Å². The molecule has 0 saturated heterocycles. The van der Waals surface area contributed by atoms with E-state index in [0.717, 1.165) is 42.9 Å². The average Bonchev–Trinajstić information content (AvgIpc) is 2.99. The molecule has 3 heteroatoms. The normalized spacial score (nSPS) is 45.6. The summed E-state index contributed by atoms with van der Waals surface area (Å²) in [6, 6.07) is 0.394. The maximum atomic E-state index is 11.0. The van der Waals surface area contributed by atoms with Crippen LogP contribution in [-0.4, -0.2) is 11.6 Å². The molecule has 0 aromatic carbocycles. The van der Waals surface area contributed by atoms with E-state index in [2.05, 4.69) is 25.1 Å². The van der Waals surface area contributed by atoms with Crippen LogP contribution in [0, 0.1) is 39.4 Å². The zero-order valence-electron chi connectivity index (χ0n) is 18.7. The highest BCUT2D eigenvalue weighted by atomic mass is 16.3. The molecule has 0 radical (unpaired) electrons. The number of fused-ring (bicyclic) bond motifs is 5. The predicted octanol–water partition coefficient (Wildman–Crippen LogP) is 6.61. The van der Waals surface area contributed by atoms with E-state index in [4.69, 9.17) is 5.73 Å². The third-order valence-corrected chi connectivity index (χ3v) is 9.93. The molecule has 4 aliphatic rings. The molecule has 0 aliphatic heterocycles. The molecule has 0 aromatic heterocycles. The molecule has 3 nitrogen and oxygen atoms in total. The molecule has 0 amide bonds. The van der Waals surface area contributed by atoms with Gasteiger partial charge in [-0.1, -0.05) is 37.1 Å². The Bertz CT molecular complexity index is 640. The van der Waals surface area contributed by atoms with Crippen LogP contribution in [-0.2, 0) is 0 Å². The Morgan fingerprint density at radius 2 is 1.93 bits per heavy atom. The lowest BCUT2D eigenvalue weighted by molar-refractivity contribution is -0.0435. The molecule has 0 aromatic rings. The Morgan fingerprint density at radius 1 is 1.14 bits per heavy atom. The smallest absolute Gasteiger partial charge is 0.0970 e. The fourth-order valence-corrected chi connectivity index (χ4v) is 8.10. The molecular weight excluding hydrogens is 344 g/mol. The van der Waals surface area contributed by atoms with Crippen LogP contribution in [0.2, 0.25) is 0 Å². The van der Waals surface area contributed by atoms with Gasteiger partial charge in [0.25, 0.3) is 0 Å². The molecule has 4 rings (SSSR count). The SMILES string of the molecule is CC(C)(CCCC1CCC2C3CC=C4CC(N)CCC4(C)C3CCC12C)N=O. The summed E-state index contributed by atoms with van der Waals surface area (Å²) in [7, 11) is 0. The summed E-state index contributed by atoms with van der Waals surface area (Å²) in [5.74, 6) is 3.52. The fraction of sp³-hybridized carbons (Fsp3) is 0.920. The van der Waals surface area contributed by atoms with Crippen molar-refractivity contribution in [2.24, 2.45) is 45.4 Å². The van der Waals surface area contributed by atoms with Gasteiger partial charge in [-0.05, 0) is 113 Å². The van der Waals surface area contributed by atoms with Crippen molar-refractivity contribution in [1.82, 2.24) is 0 Å². The minimum absolute atomic E-state index is 0.391. The van der Waals surface area contributed by atoms with Gasteiger partial charge in [-0.2, -0.15) is 4.91 Å². The standard InChI is InChI=1S/C25H42N2O/c1-23(2,27-28)13-5-6-17-8-10-21-20-9-7-18-16-19(26)11-14-25(18,4)22(20)12-15-24(17,21)3/h7,17,19-22H,5-6,8-16,26H2,1-4H3. The van der Waals surface area contributed by atoms with Crippen LogP contribution in [0.15, 0.2) is 16.8 Å². The van der Waals surface area contributed by atoms with Crippen molar-refractivity contribution in [2.75, 3.05) is 0 Å². The maximum absolute atomic E-state index is 11.0.